The largest absolute Gasteiger partial charge is 0.472 e. The summed E-state index contributed by atoms with van der Waals surface area (Å²) in [6.45, 7) is 6.01. The topological polar surface area (TPSA) is 65.7 Å². The number of carbonyl (C=O) groups is 2. The summed E-state index contributed by atoms with van der Waals surface area (Å²) >= 11 is 0. The molecule has 1 rings (SSSR count). The first-order valence-corrected chi connectivity index (χ1v) is 9.99. The van der Waals surface area contributed by atoms with Gasteiger partial charge in [-0.1, -0.05) is 24.6 Å². The van der Waals surface area contributed by atoms with Gasteiger partial charge >= 0.3 is 11.9 Å². The highest BCUT2D eigenvalue weighted by atomic mass is 16.5. The molecular formula is C23H34O5. The number of aryl methyl sites for hydroxylation is 1. The van der Waals surface area contributed by atoms with E-state index in [2.05, 4.69) is 13.0 Å². The molecule has 5 heteroatoms. The van der Waals surface area contributed by atoms with Gasteiger partial charge in [0, 0.05) is 12.5 Å². The van der Waals surface area contributed by atoms with Crippen molar-refractivity contribution >= 4 is 11.9 Å². The highest BCUT2D eigenvalue weighted by Crippen LogP contribution is 2.17. The summed E-state index contributed by atoms with van der Waals surface area (Å²) in [7, 11) is 1.42. The monoisotopic (exact) mass is 390 g/mol. The Balaban J connectivity index is 2.38. The first kappa shape index (κ1) is 23.7. The Bertz CT molecular complexity index is 640. The van der Waals surface area contributed by atoms with E-state index in [-0.39, 0.29) is 17.9 Å². The number of hydrogen-bond donors (Lipinski definition) is 0. The molecule has 0 spiro atoms. The molecule has 0 aliphatic heterocycles. The van der Waals surface area contributed by atoms with E-state index in [1.54, 1.807) is 12.5 Å². The van der Waals surface area contributed by atoms with Crippen molar-refractivity contribution < 1.29 is 23.5 Å². The fourth-order valence-electron chi connectivity index (χ4n) is 2.90. The van der Waals surface area contributed by atoms with Gasteiger partial charge in [-0.15, -0.1) is 0 Å². The summed E-state index contributed by atoms with van der Waals surface area (Å²) < 4.78 is 15.0. The van der Waals surface area contributed by atoms with Gasteiger partial charge < -0.3 is 13.9 Å². The van der Waals surface area contributed by atoms with Gasteiger partial charge in [0.05, 0.1) is 26.2 Å². The molecule has 1 unspecified atom stereocenters. The average molecular weight is 391 g/mol. The molecule has 0 saturated heterocycles. The van der Waals surface area contributed by atoms with Crippen molar-refractivity contribution in [3.63, 3.8) is 0 Å². The van der Waals surface area contributed by atoms with Gasteiger partial charge in [0.2, 0.25) is 0 Å². The van der Waals surface area contributed by atoms with Crippen molar-refractivity contribution in [3.8, 4) is 0 Å². The van der Waals surface area contributed by atoms with Crippen molar-refractivity contribution in [3.05, 3.63) is 47.5 Å². The molecule has 1 aromatic heterocycles. The molecule has 0 bridgehead atoms. The molecule has 0 amide bonds. The molecule has 1 aromatic rings. The zero-order chi connectivity index (χ0) is 20.8. The van der Waals surface area contributed by atoms with E-state index in [4.69, 9.17) is 13.9 Å². The van der Waals surface area contributed by atoms with Crippen LogP contribution in [0.1, 0.15) is 64.9 Å². The van der Waals surface area contributed by atoms with Crippen LogP contribution >= 0.6 is 0 Å². The lowest BCUT2D eigenvalue weighted by Gasteiger charge is -2.11. The number of ether oxygens (including phenoxy) is 2. The van der Waals surface area contributed by atoms with Crippen LogP contribution in [0, 0.1) is 5.92 Å². The molecular weight excluding hydrogens is 356 g/mol. The second-order valence-corrected chi connectivity index (χ2v) is 7.28. The molecule has 0 saturated carbocycles. The Kier molecular flexibility index (Phi) is 11.7. The number of allylic oxidation sites excluding steroid dienone is 3. The van der Waals surface area contributed by atoms with E-state index in [9.17, 15) is 9.59 Å². The molecule has 28 heavy (non-hydrogen) atoms. The number of esters is 2. The van der Waals surface area contributed by atoms with Crippen LogP contribution in [-0.4, -0.2) is 25.7 Å². The molecule has 0 aromatic carbocycles. The van der Waals surface area contributed by atoms with Crippen LogP contribution < -0.4 is 0 Å². The summed E-state index contributed by atoms with van der Waals surface area (Å²) in [6.07, 6.45) is 13.9. The second-order valence-electron chi connectivity index (χ2n) is 7.28. The molecule has 0 aliphatic rings. The van der Waals surface area contributed by atoms with E-state index in [1.165, 1.54) is 25.2 Å². The molecule has 156 valence electrons. The maximum Gasteiger partial charge on any atom is 0.333 e. The predicted molar refractivity (Wildman–Crippen MR) is 110 cm³/mol. The molecule has 1 heterocycles. The van der Waals surface area contributed by atoms with E-state index in [0.717, 1.165) is 44.1 Å². The number of rotatable bonds is 13. The number of furan rings is 1. The standard InChI is InChI=1S/C23H34O5/c1-18(8-5-11-21-14-15-27-17-21)9-6-12-22(23(25)26-4)13-7-10-19(2)16-28-20(3)24/h8,12,14-15,17,19H,5-7,9-11,13,16H2,1-4H3. The predicted octanol–water partition coefficient (Wildman–Crippen LogP) is 5.41. The van der Waals surface area contributed by atoms with E-state index < -0.39 is 0 Å². The van der Waals surface area contributed by atoms with Crippen molar-refractivity contribution in [2.45, 2.75) is 65.7 Å². The number of methoxy groups -OCH3 is 1. The highest BCUT2D eigenvalue weighted by Gasteiger charge is 2.11. The zero-order valence-electron chi connectivity index (χ0n) is 17.7. The van der Waals surface area contributed by atoms with Crippen LogP contribution in [0.3, 0.4) is 0 Å². The van der Waals surface area contributed by atoms with Crippen LogP contribution in [0.4, 0.5) is 0 Å². The lowest BCUT2D eigenvalue weighted by Crippen LogP contribution is -2.10. The van der Waals surface area contributed by atoms with Crippen molar-refractivity contribution in [2.75, 3.05) is 13.7 Å². The molecule has 1 atom stereocenters. The molecule has 0 aliphatic carbocycles. The van der Waals surface area contributed by atoms with Crippen molar-refractivity contribution in [2.24, 2.45) is 5.92 Å². The number of hydrogen-bond acceptors (Lipinski definition) is 5. The highest BCUT2D eigenvalue weighted by molar-refractivity contribution is 5.88. The third-order valence-electron chi connectivity index (χ3n) is 4.60. The minimum atomic E-state index is -0.255. The smallest absolute Gasteiger partial charge is 0.333 e. The molecule has 0 radical (unpaired) electrons. The van der Waals surface area contributed by atoms with Crippen LogP contribution in [-0.2, 0) is 25.5 Å². The Morgan fingerprint density at radius 2 is 1.96 bits per heavy atom. The minimum absolute atomic E-state index is 0.254. The third-order valence-corrected chi connectivity index (χ3v) is 4.60. The minimum Gasteiger partial charge on any atom is -0.472 e. The first-order valence-electron chi connectivity index (χ1n) is 9.99. The molecule has 0 N–H and O–H groups in total. The quantitative estimate of drug-likeness (QED) is 0.256. The van der Waals surface area contributed by atoms with E-state index in [0.29, 0.717) is 13.0 Å². The average Bonchev–Trinajstić information content (AvgIpc) is 3.18. The summed E-state index contributed by atoms with van der Waals surface area (Å²) in [5.74, 6) is -0.229. The van der Waals surface area contributed by atoms with Gasteiger partial charge in [0.25, 0.3) is 0 Å². The maximum absolute atomic E-state index is 12.0. The van der Waals surface area contributed by atoms with Crippen LogP contribution in [0.2, 0.25) is 0 Å². The fraction of sp³-hybridized carbons (Fsp3) is 0.565. The Labute approximate surface area is 168 Å². The van der Waals surface area contributed by atoms with E-state index >= 15 is 0 Å². The van der Waals surface area contributed by atoms with Crippen LogP contribution in [0.25, 0.3) is 0 Å². The molecule has 0 fully saturated rings. The van der Waals surface area contributed by atoms with Crippen LogP contribution in [0.5, 0.6) is 0 Å². The fourth-order valence-corrected chi connectivity index (χ4v) is 2.90. The Morgan fingerprint density at radius 3 is 2.61 bits per heavy atom. The van der Waals surface area contributed by atoms with E-state index in [1.807, 2.05) is 19.1 Å². The van der Waals surface area contributed by atoms with Gasteiger partial charge in [-0.2, -0.15) is 0 Å². The van der Waals surface area contributed by atoms with Gasteiger partial charge in [-0.05, 0) is 69.4 Å². The maximum atomic E-state index is 12.0. The van der Waals surface area contributed by atoms with Crippen molar-refractivity contribution in [1.29, 1.82) is 0 Å². The lowest BCUT2D eigenvalue weighted by molar-refractivity contribution is -0.142. The first-order chi connectivity index (χ1) is 13.4. The summed E-state index contributed by atoms with van der Waals surface area (Å²) in [6, 6.07) is 1.99. The zero-order valence-corrected chi connectivity index (χ0v) is 17.7. The summed E-state index contributed by atoms with van der Waals surface area (Å²) in [5.41, 5.74) is 3.26. The lowest BCUT2D eigenvalue weighted by atomic mass is 10.00. The second kappa shape index (κ2) is 13.8. The Morgan fingerprint density at radius 1 is 1.18 bits per heavy atom. The normalized spacial score (nSPS) is 13.3. The Hall–Kier alpha value is -2.30. The van der Waals surface area contributed by atoms with Crippen molar-refractivity contribution in [1.82, 2.24) is 0 Å². The SMILES string of the molecule is COC(=O)C(=CCCC(C)=CCCc1ccoc1)CCCC(C)COC(C)=O. The summed E-state index contributed by atoms with van der Waals surface area (Å²) in [5, 5.41) is 0. The number of carbonyl (C=O) groups excluding carboxylic acids is 2. The van der Waals surface area contributed by atoms with Gasteiger partial charge in [-0.3, -0.25) is 4.79 Å². The summed E-state index contributed by atoms with van der Waals surface area (Å²) in [4.78, 5) is 22.9. The third kappa shape index (κ3) is 10.8. The van der Waals surface area contributed by atoms with Crippen LogP contribution in [0.15, 0.2) is 46.3 Å². The van der Waals surface area contributed by atoms with Gasteiger partial charge in [-0.25, -0.2) is 4.79 Å². The van der Waals surface area contributed by atoms with Gasteiger partial charge in [0.15, 0.2) is 0 Å². The van der Waals surface area contributed by atoms with Gasteiger partial charge in [0.1, 0.15) is 0 Å². The molecule has 5 nitrogen and oxygen atoms in total.